The van der Waals surface area contributed by atoms with Crippen LogP contribution in [-0.4, -0.2) is 25.0 Å². The molecule has 3 aromatic rings. The summed E-state index contributed by atoms with van der Waals surface area (Å²) in [5.74, 6) is 0.105. The number of ether oxygens (including phenoxy) is 1. The maximum Gasteiger partial charge on any atom is 0.293 e. The Balaban J connectivity index is 1.46. The van der Waals surface area contributed by atoms with Crippen LogP contribution in [0.4, 0.5) is 11.4 Å². The summed E-state index contributed by atoms with van der Waals surface area (Å²) in [6, 6.07) is 13.6. The Kier molecular flexibility index (Phi) is 5.97. The van der Waals surface area contributed by atoms with Gasteiger partial charge in [0, 0.05) is 22.9 Å². The molecule has 2 aromatic carbocycles. The number of fused-ring (bicyclic) bond motifs is 1. The van der Waals surface area contributed by atoms with E-state index in [9.17, 15) is 9.59 Å². The molecule has 30 heavy (non-hydrogen) atoms. The predicted molar refractivity (Wildman–Crippen MR) is 116 cm³/mol. The summed E-state index contributed by atoms with van der Waals surface area (Å²) >= 11 is 11.9. The summed E-state index contributed by atoms with van der Waals surface area (Å²) in [5.41, 5.74) is 2.38. The average molecular weight is 445 g/mol. The first-order valence-corrected chi connectivity index (χ1v) is 10.1. The molecule has 6 nitrogen and oxygen atoms in total. The van der Waals surface area contributed by atoms with E-state index in [2.05, 4.69) is 5.32 Å². The van der Waals surface area contributed by atoms with Gasteiger partial charge in [0.15, 0.2) is 12.4 Å². The lowest BCUT2D eigenvalue weighted by Gasteiger charge is -2.29. The SMILES string of the molecule is O=C(COc1ccc(Cl)cc1Cl)Nc1ccc2c(c1)N(C(=O)c1ccco1)CCC2. The summed E-state index contributed by atoms with van der Waals surface area (Å²) in [6.07, 6.45) is 3.20. The van der Waals surface area contributed by atoms with E-state index >= 15 is 0 Å². The van der Waals surface area contributed by atoms with Crippen LogP contribution >= 0.6 is 23.2 Å². The lowest BCUT2D eigenvalue weighted by Crippen LogP contribution is -2.35. The van der Waals surface area contributed by atoms with Crippen LogP contribution < -0.4 is 15.0 Å². The number of carbonyl (C=O) groups excluding carboxylic acids is 2. The first-order valence-electron chi connectivity index (χ1n) is 9.37. The number of amides is 2. The van der Waals surface area contributed by atoms with Gasteiger partial charge in [0.25, 0.3) is 11.8 Å². The summed E-state index contributed by atoms with van der Waals surface area (Å²) in [6.45, 7) is 0.371. The smallest absolute Gasteiger partial charge is 0.293 e. The Labute approximate surface area is 183 Å². The number of benzene rings is 2. The first-order chi connectivity index (χ1) is 14.5. The third-order valence-electron chi connectivity index (χ3n) is 4.72. The second-order valence-corrected chi connectivity index (χ2v) is 7.64. The number of carbonyl (C=O) groups is 2. The van der Waals surface area contributed by atoms with E-state index in [1.54, 1.807) is 41.3 Å². The van der Waals surface area contributed by atoms with Crippen molar-refractivity contribution < 1.29 is 18.7 Å². The normalized spacial score (nSPS) is 12.9. The molecule has 0 radical (unpaired) electrons. The van der Waals surface area contributed by atoms with Gasteiger partial charge in [0.2, 0.25) is 0 Å². The van der Waals surface area contributed by atoms with Gasteiger partial charge in [0.1, 0.15) is 5.75 Å². The van der Waals surface area contributed by atoms with Gasteiger partial charge in [-0.15, -0.1) is 0 Å². The maximum absolute atomic E-state index is 12.8. The van der Waals surface area contributed by atoms with Gasteiger partial charge in [-0.2, -0.15) is 0 Å². The molecule has 2 amide bonds. The minimum absolute atomic E-state index is 0.204. The van der Waals surface area contributed by atoms with Gasteiger partial charge in [-0.25, -0.2) is 0 Å². The second kappa shape index (κ2) is 8.81. The molecule has 0 unspecified atom stereocenters. The van der Waals surface area contributed by atoms with Crippen LogP contribution in [0.3, 0.4) is 0 Å². The number of aryl methyl sites for hydroxylation is 1. The van der Waals surface area contributed by atoms with Crippen molar-refractivity contribution in [3.05, 3.63) is 76.2 Å². The number of anilines is 2. The van der Waals surface area contributed by atoms with E-state index in [4.69, 9.17) is 32.4 Å². The molecule has 1 aliphatic rings. The summed E-state index contributed by atoms with van der Waals surface area (Å²) in [7, 11) is 0. The highest BCUT2D eigenvalue weighted by atomic mass is 35.5. The van der Waals surface area contributed by atoms with E-state index in [0.29, 0.717) is 28.0 Å². The maximum atomic E-state index is 12.8. The molecule has 1 N–H and O–H groups in total. The van der Waals surface area contributed by atoms with Gasteiger partial charge < -0.3 is 19.4 Å². The number of furan rings is 1. The van der Waals surface area contributed by atoms with Crippen LogP contribution in [0.1, 0.15) is 22.5 Å². The molecule has 0 spiro atoms. The van der Waals surface area contributed by atoms with Crippen molar-refractivity contribution in [2.24, 2.45) is 0 Å². The van der Waals surface area contributed by atoms with Crippen molar-refractivity contribution in [3.8, 4) is 5.75 Å². The molecule has 0 saturated heterocycles. The molecular weight excluding hydrogens is 427 g/mol. The molecule has 0 atom stereocenters. The molecule has 1 aromatic heterocycles. The highest BCUT2D eigenvalue weighted by Crippen LogP contribution is 2.31. The van der Waals surface area contributed by atoms with Crippen molar-refractivity contribution in [1.29, 1.82) is 0 Å². The zero-order chi connectivity index (χ0) is 21.1. The van der Waals surface area contributed by atoms with Gasteiger partial charge in [0.05, 0.1) is 11.3 Å². The van der Waals surface area contributed by atoms with E-state index in [1.807, 2.05) is 12.1 Å². The summed E-state index contributed by atoms with van der Waals surface area (Å²) < 4.78 is 10.7. The molecule has 8 heteroatoms. The lowest BCUT2D eigenvalue weighted by molar-refractivity contribution is -0.118. The Morgan fingerprint density at radius 2 is 2.00 bits per heavy atom. The second-order valence-electron chi connectivity index (χ2n) is 6.79. The van der Waals surface area contributed by atoms with Gasteiger partial charge in [-0.3, -0.25) is 9.59 Å². The Morgan fingerprint density at radius 3 is 2.77 bits per heavy atom. The van der Waals surface area contributed by atoms with Gasteiger partial charge in [-0.05, 0) is 60.9 Å². The van der Waals surface area contributed by atoms with E-state index in [-0.39, 0.29) is 24.2 Å². The monoisotopic (exact) mass is 444 g/mol. The number of rotatable bonds is 5. The molecule has 154 valence electrons. The van der Waals surface area contributed by atoms with Crippen LogP contribution in [-0.2, 0) is 11.2 Å². The topological polar surface area (TPSA) is 71.8 Å². The van der Waals surface area contributed by atoms with Gasteiger partial charge >= 0.3 is 0 Å². The lowest BCUT2D eigenvalue weighted by atomic mass is 10.0. The third kappa shape index (κ3) is 4.45. The van der Waals surface area contributed by atoms with Crippen molar-refractivity contribution in [2.45, 2.75) is 12.8 Å². The average Bonchev–Trinajstić information content (AvgIpc) is 3.27. The highest BCUT2D eigenvalue weighted by molar-refractivity contribution is 6.35. The fourth-order valence-corrected chi connectivity index (χ4v) is 3.79. The first kappa shape index (κ1) is 20.3. The Morgan fingerprint density at radius 1 is 1.13 bits per heavy atom. The Bertz CT molecular complexity index is 1080. The highest BCUT2D eigenvalue weighted by Gasteiger charge is 2.25. The third-order valence-corrected chi connectivity index (χ3v) is 5.25. The Hall–Kier alpha value is -2.96. The van der Waals surface area contributed by atoms with Gasteiger partial charge in [-0.1, -0.05) is 29.3 Å². The summed E-state index contributed by atoms with van der Waals surface area (Å²) in [4.78, 5) is 26.8. The van der Waals surface area contributed by atoms with Crippen molar-refractivity contribution in [1.82, 2.24) is 0 Å². The number of nitrogens with one attached hydrogen (secondary N) is 1. The molecule has 4 rings (SSSR count). The minimum atomic E-state index is -0.347. The number of halogens is 2. The predicted octanol–water partition coefficient (Wildman–Crippen LogP) is 5.20. The van der Waals surface area contributed by atoms with Crippen LogP contribution in [0.2, 0.25) is 10.0 Å². The van der Waals surface area contributed by atoms with Crippen LogP contribution in [0, 0.1) is 0 Å². The van der Waals surface area contributed by atoms with E-state index in [1.165, 1.54) is 6.26 Å². The number of hydrogen-bond donors (Lipinski definition) is 1. The van der Waals surface area contributed by atoms with E-state index < -0.39 is 0 Å². The van der Waals surface area contributed by atoms with Crippen molar-refractivity contribution >= 4 is 46.4 Å². The van der Waals surface area contributed by atoms with Crippen LogP contribution in [0.5, 0.6) is 5.75 Å². The molecule has 2 heterocycles. The molecule has 0 saturated carbocycles. The van der Waals surface area contributed by atoms with Crippen molar-refractivity contribution in [3.63, 3.8) is 0 Å². The molecule has 0 bridgehead atoms. The molecule has 1 aliphatic heterocycles. The fraction of sp³-hybridized carbons (Fsp3) is 0.182. The molecule has 0 fully saturated rings. The van der Waals surface area contributed by atoms with Crippen LogP contribution in [0.25, 0.3) is 0 Å². The minimum Gasteiger partial charge on any atom is -0.482 e. The van der Waals surface area contributed by atoms with Crippen LogP contribution in [0.15, 0.2) is 59.2 Å². The molecule has 0 aliphatic carbocycles. The number of nitrogens with zero attached hydrogens (tertiary/aromatic N) is 1. The largest absolute Gasteiger partial charge is 0.482 e. The van der Waals surface area contributed by atoms with Crippen molar-refractivity contribution in [2.75, 3.05) is 23.4 Å². The quantitative estimate of drug-likeness (QED) is 0.586. The van der Waals surface area contributed by atoms with E-state index in [0.717, 1.165) is 24.1 Å². The zero-order valence-electron chi connectivity index (χ0n) is 15.9. The zero-order valence-corrected chi connectivity index (χ0v) is 17.4. The summed E-state index contributed by atoms with van der Waals surface area (Å²) in [5, 5.41) is 3.61. The standard InChI is InChI=1S/C22H18Cl2N2O4/c23-15-6-8-19(17(24)11-15)30-13-21(27)25-16-7-5-14-3-1-9-26(18(14)12-16)22(28)20-4-2-10-29-20/h2,4-8,10-12H,1,3,9,13H2,(H,25,27). The number of hydrogen-bond acceptors (Lipinski definition) is 4. The molecular formula is C22H18Cl2N2O4. The fourth-order valence-electron chi connectivity index (χ4n) is 3.33.